The second-order valence-electron chi connectivity index (χ2n) is 4.50. The molecule has 3 nitrogen and oxygen atoms in total. The van der Waals surface area contributed by atoms with E-state index in [0.717, 1.165) is 6.42 Å². The van der Waals surface area contributed by atoms with Gasteiger partial charge in [0.25, 0.3) is 0 Å². The number of ether oxygens (including phenoxy) is 1. The molecule has 0 rings (SSSR count). The van der Waals surface area contributed by atoms with E-state index in [-0.39, 0.29) is 5.60 Å². The first-order valence-corrected chi connectivity index (χ1v) is 5.17. The molecule has 0 aromatic heterocycles. The summed E-state index contributed by atoms with van der Waals surface area (Å²) in [6.07, 6.45) is 2.76. The van der Waals surface area contributed by atoms with Crippen LogP contribution < -0.4 is 0 Å². The number of aliphatic hydroxyl groups excluding tert-OH is 1. The van der Waals surface area contributed by atoms with Gasteiger partial charge in [-0.05, 0) is 33.1 Å². The maximum atomic E-state index is 9.63. The van der Waals surface area contributed by atoms with Gasteiger partial charge in [0.2, 0.25) is 0 Å². The predicted octanol–water partition coefficient (Wildman–Crippen LogP) is 2.24. The van der Waals surface area contributed by atoms with E-state index < -0.39 is 6.29 Å². The summed E-state index contributed by atoms with van der Waals surface area (Å²) in [5.74, 6) is 0.303. The molecule has 1 N–H and O–H groups in total. The molecule has 3 heteroatoms. The van der Waals surface area contributed by atoms with E-state index in [1.807, 2.05) is 27.0 Å². The lowest BCUT2D eigenvalue weighted by atomic mass is 10.0. The normalized spacial score (nSPS) is 17.3. The van der Waals surface area contributed by atoms with Crippen molar-refractivity contribution in [3.05, 3.63) is 0 Å². The van der Waals surface area contributed by atoms with E-state index >= 15 is 0 Å². The van der Waals surface area contributed by atoms with E-state index in [2.05, 4.69) is 11.9 Å². The lowest BCUT2D eigenvalue weighted by Gasteiger charge is -2.25. The minimum Gasteiger partial charge on any atom is -0.368 e. The SMILES string of the molecule is CCC(C=NC)CC(O)OC(C)(C)C. The zero-order valence-electron chi connectivity index (χ0n) is 9.95. The molecular formula is C11H23NO2. The molecule has 0 aliphatic rings. The molecule has 0 aliphatic carbocycles. The first-order chi connectivity index (χ1) is 6.39. The number of nitrogens with zero attached hydrogens (tertiary/aromatic N) is 1. The van der Waals surface area contributed by atoms with E-state index in [1.165, 1.54) is 0 Å². The Labute approximate surface area is 87.2 Å². The predicted molar refractivity (Wildman–Crippen MR) is 59.7 cm³/mol. The number of hydrogen-bond acceptors (Lipinski definition) is 3. The molecule has 0 saturated heterocycles. The van der Waals surface area contributed by atoms with Gasteiger partial charge in [0.1, 0.15) is 0 Å². The molecule has 0 aliphatic heterocycles. The van der Waals surface area contributed by atoms with Gasteiger partial charge in [0.15, 0.2) is 6.29 Å². The van der Waals surface area contributed by atoms with Crippen LogP contribution in [0.25, 0.3) is 0 Å². The van der Waals surface area contributed by atoms with Gasteiger partial charge in [0.05, 0.1) is 5.60 Å². The summed E-state index contributed by atoms with van der Waals surface area (Å²) >= 11 is 0. The third-order valence-electron chi connectivity index (χ3n) is 1.88. The number of aliphatic hydroxyl groups is 1. The molecule has 0 spiro atoms. The van der Waals surface area contributed by atoms with Crippen molar-refractivity contribution in [1.29, 1.82) is 0 Å². The molecule has 2 unspecified atom stereocenters. The van der Waals surface area contributed by atoms with Gasteiger partial charge < -0.3 is 14.8 Å². The highest BCUT2D eigenvalue weighted by Gasteiger charge is 2.18. The molecule has 0 amide bonds. The molecule has 0 fully saturated rings. The van der Waals surface area contributed by atoms with Gasteiger partial charge in [-0.2, -0.15) is 0 Å². The highest BCUT2D eigenvalue weighted by Crippen LogP contribution is 2.16. The Balaban J connectivity index is 3.96. The minimum atomic E-state index is -0.696. The third kappa shape index (κ3) is 7.04. The van der Waals surface area contributed by atoms with Crippen LogP contribution in [-0.4, -0.2) is 30.3 Å². The van der Waals surface area contributed by atoms with Crippen LogP contribution in [0, 0.1) is 5.92 Å². The minimum absolute atomic E-state index is 0.291. The van der Waals surface area contributed by atoms with Crippen molar-refractivity contribution in [2.45, 2.75) is 52.4 Å². The lowest BCUT2D eigenvalue weighted by Crippen LogP contribution is -2.29. The fourth-order valence-corrected chi connectivity index (χ4v) is 1.26. The molecule has 2 atom stereocenters. The van der Waals surface area contributed by atoms with Crippen LogP contribution in [-0.2, 0) is 4.74 Å². The Morgan fingerprint density at radius 2 is 2.00 bits per heavy atom. The van der Waals surface area contributed by atoms with Gasteiger partial charge >= 0.3 is 0 Å². The summed E-state index contributed by atoms with van der Waals surface area (Å²) in [4.78, 5) is 3.96. The van der Waals surface area contributed by atoms with Crippen LogP contribution in [0.3, 0.4) is 0 Å². The Morgan fingerprint density at radius 3 is 2.36 bits per heavy atom. The quantitative estimate of drug-likeness (QED) is 0.547. The topological polar surface area (TPSA) is 41.8 Å². The zero-order chi connectivity index (χ0) is 11.2. The standard InChI is InChI=1S/C11H23NO2/c1-6-9(8-12-5)7-10(13)14-11(2,3)4/h8-10,13H,6-7H2,1-5H3. The Morgan fingerprint density at radius 1 is 1.43 bits per heavy atom. The average molecular weight is 201 g/mol. The summed E-state index contributed by atoms with van der Waals surface area (Å²) in [6, 6.07) is 0. The van der Waals surface area contributed by atoms with Crippen molar-refractivity contribution in [1.82, 2.24) is 0 Å². The van der Waals surface area contributed by atoms with Gasteiger partial charge in [0, 0.05) is 19.7 Å². The van der Waals surface area contributed by atoms with Crippen molar-refractivity contribution in [2.75, 3.05) is 7.05 Å². The average Bonchev–Trinajstić information content (AvgIpc) is 2.00. The van der Waals surface area contributed by atoms with Gasteiger partial charge in [-0.15, -0.1) is 0 Å². The van der Waals surface area contributed by atoms with Crippen LogP contribution in [0.15, 0.2) is 4.99 Å². The summed E-state index contributed by atoms with van der Waals surface area (Å²) in [7, 11) is 1.75. The van der Waals surface area contributed by atoms with Crippen molar-refractivity contribution in [2.24, 2.45) is 10.9 Å². The van der Waals surface area contributed by atoms with E-state index in [1.54, 1.807) is 7.05 Å². The second-order valence-corrected chi connectivity index (χ2v) is 4.50. The first-order valence-electron chi connectivity index (χ1n) is 5.17. The van der Waals surface area contributed by atoms with Crippen LogP contribution in [0.4, 0.5) is 0 Å². The molecule has 0 radical (unpaired) electrons. The van der Waals surface area contributed by atoms with Crippen molar-refractivity contribution < 1.29 is 9.84 Å². The van der Waals surface area contributed by atoms with Crippen molar-refractivity contribution >= 4 is 6.21 Å². The van der Waals surface area contributed by atoms with E-state index in [4.69, 9.17) is 4.74 Å². The zero-order valence-corrected chi connectivity index (χ0v) is 9.95. The highest BCUT2D eigenvalue weighted by molar-refractivity contribution is 5.60. The fraction of sp³-hybridized carbons (Fsp3) is 0.909. The molecule has 14 heavy (non-hydrogen) atoms. The van der Waals surface area contributed by atoms with E-state index in [0.29, 0.717) is 12.3 Å². The summed E-state index contributed by atoms with van der Waals surface area (Å²) in [6.45, 7) is 7.89. The maximum absolute atomic E-state index is 9.63. The number of hydrogen-bond donors (Lipinski definition) is 1. The largest absolute Gasteiger partial charge is 0.368 e. The van der Waals surface area contributed by atoms with Crippen LogP contribution in [0.1, 0.15) is 40.5 Å². The molecule has 0 aromatic carbocycles. The molecule has 84 valence electrons. The summed E-state index contributed by atoms with van der Waals surface area (Å²) in [5, 5.41) is 9.63. The second kappa shape index (κ2) is 6.14. The van der Waals surface area contributed by atoms with Gasteiger partial charge in [-0.25, -0.2) is 0 Å². The number of rotatable bonds is 5. The van der Waals surface area contributed by atoms with Crippen LogP contribution in [0.5, 0.6) is 0 Å². The van der Waals surface area contributed by atoms with Crippen molar-refractivity contribution in [3.63, 3.8) is 0 Å². The highest BCUT2D eigenvalue weighted by atomic mass is 16.6. The summed E-state index contributed by atoms with van der Waals surface area (Å²) < 4.78 is 5.41. The Hall–Kier alpha value is -0.410. The molecule has 0 bridgehead atoms. The first kappa shape index (κ1) is 13.6. The third-order valence-corrected chi connectivity index (χ3v) is 1.88. The van der Waals surface area contributed by atoms with Gasteiger partial charge in [-0.3, -0.25) is 0 Å². The molecular weight excluding hydrogens is 178 g/mol. The Kier molecular flexibility index (Phi) is 5.96. The Bertz CT molecular complexity index is 173. The smallest absolute Gasteiger partial charge is 0.155 e. The lowest BCUT2D eigenvalue weighted by molar-refractivity contribution is -0.170. The number of aliphatic imine (C=N–C) groups is 1. The fourth-order valence-electron chi connectivity index (χ4n) is 1.26. The van der Waals surface area contributed by atoms with Crippen LogP contribution in [0.2, 0.25) is 0 Å². The van der Waals surface area contributed by atoms with Gasteiger partial charge in [-0.1, -0.05) is 6.92 Å². The molecule has 0 aromatic rings. The monoisotopic (exact) mass is 201 g/mol. The van der Waals surface area contributed by atoms with E-state index in [9.17, 15) is 5.11 Å². The van der Waals surface area contributed by atoms with Crippen LogP contribution >= 0.6 is 0 Å². The molecule has 0 saturated carbocycles. The summed E-state index contributed by atoms with van der Waals surface area (Å²) in [5.41, 5.74) is -0.291. The maximum Gasteiger partial charge on any atom is 0.155 e. The van der Waals surface area contributed by atoms with Crippen molar-refractivity contribution in [3.8, 4) is 0 Å². The molecule has 0 heterocycles.